The predicted molar refractivity (Wildman–Crippen MR) is 111 cm³/mol. The van der Waals surface area contributed by atoms with E-state index in [0.717, 1.165) is 28.8 Å². The van der Waals surface area contributed by atoms with Gasteiger partial charge in [0.15, 0.2) is 5.96 Å². The number of thiazole rings is 1. The summed E-state index contributed by atoms with van der Waals surface area (Å²) in [6.07, 6.45) is 3.89. The molecular formula is C16H27IN6S. The number of hydrogen-bond acceptors (Lipinski definition) is 4. The van der Waals surface area contributed by atoms with Crippen LogP contribution in [0, 0.1) is 0 Å². The number of aliphatic imine (C=N–C) groups is 1. The first-order valence-electron chi connectivity index (χ1n) is 7.64. The second kappa shape index (κ2) is 8.80. The molecule has 0 amide bonds. The fraction of sp³-hybridized carbons (Fsp3) is 0.562. The van der Waals surface area contributed by atoms with Gasteiger partial charge in [-0.3, -0.25) is 9.67 Å². The zero-order valence-electron chi connectivity index (χ0n) is 15.2. The molecule has 24 heavy (non-hydrogen) atoms. The van der Waals surface area contributed by atoms with Crippen LogP contribution in [0.25, 0.3) is 0 Å². The molecule has 0 radical (unpaired) electrons. The van der Waals surface area contributed by atoms with Gasteiger partial charge in [0.1, 0.15) is 5.01 Å². The van der Waals surface area contributed by atoms with Crippen LogP contribution in [0.4, 0.5) is 0 Å². The lowest BCUT2D eigenvalue weighted by atomic mass is 9.93. The highest BCUT2D eigenvalue weighted by Crippen LogP contribution is 2.23. The number of nitrogens with zero attached hydrogens (tertiary/aromatic N) is 5. The van der Waals surface area contributed by atoms with E-state index in [4.69, 9.17) is 4.98 Å². The van der Waals surface area contributed by atoms with Crippen LogP contribution in [0.2, 0.25) is 0 Å². The molecule has 1 N–H and O–H groups in total. The van der Waals surface area contributed by atoms with E-state index in [0.29, 0.717) is 6.54 Å². The third-order valence-electron chi connectivity index (χ3n) is 3.47. The fourth-order valence-corrected chi connectivity index (χ4v) is 3.14. The van der Waals surface area contributed by atoms with Gasteiger partial charge in [0.05, 0.1) is 18.4 Å². The maximum atomic E-state index is 4.70. The average molecular weight is 462 g/mol. The number of guanidine groups is 1. The molecule has 0 unspecified atom stereocenters. The molecule has 0 atom stereocenters. The molecule has 0 fully saturated rings. The van der Waals surface area contributed by atoms with Gasteiger partial charge >= 0.3 is 0 Å². The molecule has 134 valence electrons. The van der Waals surface area contributed by atoms with Crippen LogP contribution in [0.15, 0.2) is 22.8 Å². The number of aromatic nitrogens is 3. The highest BCUT2D eigenvalue weighted by Gasteiger charge is 2.17. The van der Waals surface area contributed by atoms with Crippen LogP contribution in [-0.4, -0.2) is 39.7 Å². The Morgan fingerprint density at radius 3 is 2.62 bits per heavy atom. The quantitative estimate of drug-likeness (QED) is 0.431. The molecule has 0 aliphatic heterocycles. The van der Waals surface area contributed by atoms with Gasteiger partial charge in [0, 0.05) is 50.2 Å². The zero-order chi connectivity index (χ0) is 17.0. The minimum Gasteiger partial charge on any atom is -0.350 e. The van der Waals surface area contributed by atoms with E-state index in [-0.39, 0.29) is 29.4 Å². The lowest BCUT2D eigenvalue weighted by Gasteiger charge is -2.21. The Balaban J connectivity index is 0.00000288. The van der Waals surface area contributed by atoms with Crippen molar-refractivity contribution in [1.82, 2.24) is 25.0 Å². The van der Waals surface area contributed by atoms with Gasteiger partial charge in [-0.05, 0) is 0 Å². The van der Waals surface area contributed by atoms with E-state index in [1.54, 1.807) is 18.4 Å². The van der Waals surface area contributed by atoms with Crippen molar-refractivity contribution in [3.63, 3.8) is 0 Å². The molecule has 0 bridgehead atoms. The van der Waals surface area contributed by atoms with E-state index in [1.807, 2.05) is 31.2 Å². The van der Waals surface area contributed by atoms with E-state index >= 15 is 0 Å². The van der Waals surface area contributed by atoms with Crippen LogP contribution in [0.1, 0.15) is 37.0 Å². The molecule has 6 nitrogen and oxygen atoms in total. The summed E-state index contributed by atoms with van der Waals surface area (Å²) in [5, 5.41) is 10.8. The summed E-state index contributed by atoms with van der Waals surface area (Å²) in [6, 6.07) is 0. The van der Waals surface area contributed by atoms with Crippen LogP contribution < -0.4 is 5.32 Å². The van der Waals surface area contributed by atoms with Crippen molar-refractivity contribution in [3.05, 3.63) is 34.0 Å². The third kappa shape index (κ3) is 5.73. The smallest absolute Gasteiger partial charge is 0.194 e. The van der Waals surface area contributed by atoms with Crippen molar-refractivity contribution >= 4 is 41.3 Å². The molecule has 2 aromatic heterocycles. The Morgan fingerprint density at radius 1 is 1.42 bits per heavy atom. The second-order valence-electron chi connectivity index (χ2n) is 6.66. The molecule has 2 aromatic rings. The molecule has 0 saturated carbocycles. The molecule has 2 heterocycles. The normalized spacial score (nSPS) is 12.0. The summed E-state index contributed by atoms with van der Waals surface area (Å²) < 4.78 is 1.81. The van der Waals surface area contributed by atoms with Crippen molar-refractivity contribution in [2.45, 2.75) is 39.3 Å². The second-order valence-corrected chi connectivity index (χ2v) is 7.60. The lowest BCUT2D eigenvalue weighted by molar-refractivity contribution is 0.476. The molecule has 0 spiro atoms. The lowest BCUT2D eigenvalue weighted by Crippen LogP contribution is -2.38. The number of halogens is 1. The van der Waals surface area contributed by atoms with Crippen molar-refractivity contribution in [2.24, 2.45) is 12.0 Å². The summed E-state index contributed by atoms with van der Waals surface area (Å²) in [5.74, 6) is 0.848. The number of hydrogen-bond donors (Lipinski definition) is 1. The van der Waals surface area contributed by atoms with Gasteiger partial charge in [0.2, 0.25) is 0 Å². The molecule has 2 rings (SSSR count). The SMILES string of the molecule is CN=C(NCc1nc(C(C)(C)C)cs1)N(C)Cc1cnn(C)c1.I. The first-order valence-corrected chi connectivity index (χ1v) is 8.51. The minimum absolute atomic E-state index is 0. The van der Waals surface area contributed by atoms with Crippen LogP contribution in [-0.2, 0) is 25.6 Å². The molecule has 0 saturated heterocycles. The summed E-state index contributed by atoms with van der Waals surface area (Å²) in [5.41, 5.74) is 2.38. The Labute approximate surface area is 165 Å². The fourth-order valence-electron chi connectivity index (χ4n) is 2.18. The van der Waals surface area contributed by atoms with Gasteiger partial charge in [-0.1, -0.05) is 20.8 Å². The minimum atomic E-state index is 0. The topological polar surface area (TPSA) is 58.3 Å². The Bertz CT molecular complexity index is 670. The Hall–Kier alpha value is -1.16. The monoisotopic (exact) mass is 462 g/mol. The first kappa shape index (κ1) is 20.9. The van der Waals surface area contributed by atoms with Crippen molar-refractivity contribution in [3.8, 4) is 0 Å². The first-order chi connectivity index (χ1) is 10.8. The Kier molecular flexibility index (Phi) is 7.65. The maximum absolute atomic E-state index is 4.70. The van der Waals surface area contributed by atoms with Gasteiger partial charge in [-0.2, -0.15) is 5.10 Å². The standard InChI is InChI=1S/C16H26N6S.HI/c1-16(2,3)13-11-23-14(20-13)8-18-15(17-4)21(5)9-12-7-19-22(6)10-12;/h7,10-11H,8-9H2,1-6H3,(H,17,18);1H. The van der Waals surface area contributed by atoms with Crippen LogP contribution in [0.3, 0.4) is 0 Å². The average Bonchev–Trinajstić information content (AvgIpc) is 3.08. The number of aryl methyl sites for hydroxylation is 1. The summed E-state index contributed by atoms with van der Waals surface area (Å²) in [6.45, 7) is 7.99. The van der Waals surface area contributed by atoms with Gasteiger partial charge < -0.3 is 10.2 Å². The molecular weight excluding hydrogens is 435 g/mol. The van der Waals surface area contributed by atoms with E-state index < -0.39 is 0 Å². The summed E-state index contributed by atoms with van der Waals surface area (Å²) in [7, 11) is 5.74. The molecule has 0 aliphatic carbocycles. The van der Waals surface area contributed by atoms with E-state index in [1.165, 1.54) is 0 Å². The highest BCUT2D eigenvalue weighted by molar-refractivity contribution is 14.0. The summed E-state index contributed by atoms with van der Waals surface area (Å²) in [4.78, 5) is 11.1. The zero-order valence-corrected chi connectivity index (χ0v) is 18.3. The van der Waals surface area contributed by atoms with Crippen LogP contribution in [0.5, 0.6) is 0 Å². The molecule has 0 aromatic carbocycles. The summed E-state index contributed by atoms with van der Waals surface area (Å²) >= 11 is 1.69. The molecule has 8 heteroatoms. The van der Waals surface area contributed by atoms with Crippen LogP contribution >= 0.6 is 35.3 Å². The van der Waals surface area contributed by atoms with Crippen molar-refractivity contribution in [2.75, 3.05) is 14.1 Å². The van der Waals surface area contributed by atoms with E-state index in [9.17, 15) is 0 Å². The highest BCUT2D eigenvalue weighted by atomic mass is 127. The van der Waals surface area contributed by atoms with Gasteiger partial charge in [-0.25, -0.2) is 4.98 Å². The largest absolute Gasteiger partial charge is 0.350 e. The predicted octanol–water partition coefficient (Wildman–Crippen LogP) is 3.00. The Morgan fingerprint density at radius 2 is 2.12 bits per heavy atom. The van der Waals surface area contributed by atoms with Crippen molar-refractivity contribution in [1.29, 1.82) is 0 Å². The number of rotatable bonds is 4. The van der Waals surface area contributed by atoms with E-state index in [2.05, 4.69) is 46.5 Å². The van der Waals surface area contributed by atoms with Crippen molar-refractivity contribution < 1.29 is 0 Å². The van der Waals surface area contributed by atoms with Gasteiger partial charge in [-0.15, -0.1) is 35.3 Å². The molecule has 0 aliphatic rings. The van der Waals surface area contributed by atoms with Gasteiger partial charge in [0.25, 0.3) is 0 Å². The maximum Gasteiger partial charge on any atom is 0.194 e. The number of nitrogens with one attached hydrogen (secondary N) is 1. The third-order valence-corrected chi connectivity index (χ3v) is 4.32.